The monoisotopic (exact) mass is 1160 g/mol. The number of aromatic hydroxyl groups is 1. The second-order valence-electron chi connectivity index (χ2n) is 18.9. The maximum Gasteiger partial charge on any atom is 0.303 e. The van der Waals surface area contributed by atoms with Gasteiger partial charge in [0.25, 0.3) is 11.8 Å². The van der Waals surface area contributed by atoms with Crippen LogP contribution < -0.4 is 32.3 Å². The molecular weight excluding hydrogens is 1070 g/mol. The van der Waals surface area contributed by atoms with Crippen LogP contribution >= 0.6 is 0 Å². The number of ether oxygens (including phenoxy) is 10. The van der Waals surface area contributed by atoms with E-state index in [2.05, 4.69) is 26.6 Å². The summed E-state index contributed by atoms with van der Waals surface area (Å²) in [5.41, 5.74) is 6.75. The number of nitrogens with zero attached hydrogens (tertiary/aromatic N) is 1. The number of hydrogen-bond acceptors (Lipinski definition) is 20. The van der Waals surface area contributed by atoms with Crippen LogP contribution in [-0.2, 0) is 92.1 Å². The standard InChI is InChI=1S/C54H89N7O20/c1-39(2)51(54(71)57-40(3)52(69)59-44-37-41(10-12-45(44)62)36-42(55)11-15-50(67)68)60-53(70)43(58-46(63)9-7-17-61-48(65)13-14-49(61)66)8-5-6-16-56-47(64)38-81-35-34-80-33-32-79-31-30-78-29-28-77-27-26-76-25-24-75-23-22-74-21-20-73-19-18-72-4/h10,12-14,37,39-40,42-43,51,62H,5-9,11,15-36,38,55H2,1-4H3,(H,56,64)(H,57,71)(H,58,63)(H,59,69)(H,60,70)(H,67,68)/t40-,42+,43-,51-/m0/s1. The number of amides is 7. The number of carbonyl (C=O) groups is 8. The van der Waals surface area contributed by atoms with Crippen LogP contribution in [0, 0.1) is 5.92 Å². The molecule has 0 bridgehead atoms. The van der Waals surface area contributed by atoms with Crippen LogP contribution in [0.4, 0.5) is 5.69 Å². The molecule has 1 aromatic rings. The quantitative estimate of drug-likeness (QED) is 0.0241. The van der Waals surface area contributed by atoms with Gasteiger partial charge in [-0.3, -0.25) is 43.3 Å². The summed E-state index contributed by atoms with van der Waals surface area (Å²) in [7, 11) is 1.63. The number of rotatable bonds is 51. The van der Waals surface area contributed by atoms with Gasteiger partial charge in [-0.2, -0.15) is 0 Å². The molecule has 0 aliphatic carbocycles. The fourth-order valence-corrected chi connectivity index (χ4v) is 7.33. The maximum atomic E-state index is 13.8. The minimum atomic E-state index is -1.16. The van der Waals surface area contributed by atoms with Crippen molar-refractivity contribution >= 4 is 53.0 Å². The number of carboxylic acids is 1. The Labute approximate surface area is 474 Å². The summed E-state index contributed by atoms with van der Waals surface area (Å²) in [6.45, 7) is 12.5. The van der Waals surface area contributed by atoms with E-state index in [-0.39, 0.29) is 88.8 Å². The van der Waals surface area contributed by atoms with Gasteiger partial charge < -0.3 is 89.9 Å². The molecule has 0 radical (unpaired) electrons. The molecule has 1 aromatic carbocycles. The number of unbranched alkanes of at least 4 members (excludes halogenated alkanes) is 1. The van der Waals surface area contributed by atoms with E-state index in [1.54, 1.807) is 27.0 Å². The fourth-order valence-electron chi connectivity index (χ4n) is 7.33. The summed E-state index contributed by atoms with van der Waals surface area (Å²) in [5.74, 6) is -5.67. The molecule has 1 heterocycles. The number of carboxylic acid groups (broad SMARTS) is 1. The number of nitrogens with two attached hydrogens (primary N) is 1. The van der Waals surface area contributed by atoms with Crippen LogP contribution in [0.5, 0.6) is 5.75 Å². The van der Waals surface area contributed by atoms with Crippen molar-refractivity contribution in [2.75, 3.05) is 151 Å². The Bertz CT molecular complexity index is 2010. The van der Waals surface area contributed by atoms with E-state index < -0.39 is 71.5 Å². The van der Waals surface area contributed by atoms with Crippen molar-refractivity contribution in [3.05, 3.63) is 35.9 Å². The van der Waals surface area contributed by atoms with Crippen LogP contribution in [0.25, 0.3) is 0 Å². The van der Waals surface area contributed by atoms with Gasteiger partial charge in [-0.15, -0.1) is 0 Å². The topological polar surface area (TPSA) is 359 Å². The number of benzene rings is 1. The summed E-state index contributed by atoms with van der Waals surface area (Å²) < 4.78 is 53.9. The molecular formula is C54H89N7O20. The molecule has 0 unspecified atom stereocenters. The lowest BCUT2D eigenvalue weighted by molar-refractivity contribution is -0.138. The lowest BCUT2D eigenvalue weighted by Gasteiger charge is -2.26. The van der Waals surface area contributed by atoms with Gasteiger partial charge in [-0.05, 0) is 69.1 Å². The van der Waals surface area contributed by atoms with Gasteiger partial charge in [0.2, 0.25) is 29.5 Å². The summed E-state index contributed by atoms with van der Waals surface area (Å²) in [5, 5.41) is 32.7. The summed E-state index contributed by atoms with van der Waals surface area (Å²) in [6.07, 6.45) is 3.55. The van der Waals surface area contributed by atoms with Gasteiger partial charge in [0.15, 0.2) is 0 Å². The molecule has 4 atom stereocenters. The predicted octanol–water partition coefficient (Wildman–Crippen LogP) is -0.0169. The highest BCUT2D eigenvalue weighted by molar-refractivity contribution is 6.12. The fraction of sp³-hybridized carbons (Fsp3) is 0.704. The Hall–Kier alpha value is -5.72. The molecule has 2 rings (SSSR count). The summed E-state index contributed by atoms with van der Waals surface area (Å²) in [6, 6.07) is 0.533. The van der Waals surface area contributed by atoms with E-state index in [0.29, 0.717) is 124 Å². The van der Waals surface area contributed by atoms with Gasteiger partial charge in [-0.25, -0.2) is 0 Å². The van der Waals surface area contributed by atoms with Crippen LogP contribution in [0.2, 0.25) is 0 Å². The minimum absolute atomic E-state index is 0.00612. The first-order valence-corrected chi connectivity index (χ1v) is 27.5. The zero-order chi connectivity index (χ0) is 59.5. The molecule has 0 saturated carbocycles. The Morgan fingerprint density at radius 2 is 1.10 bits per heavy atom. The highest BCUT2D eigenvalue weighted by Crippen LogP contribution is 2.25. The third kappa shape index (κ3) is 35.0. The van der Waals surface area contributed by atoms with Gasteiger partial charge in [0, 0.05) is 51.2 Å². The van der Waals surface area contributed by atoms with Gasteiger partial charge in [0.05, 0.1) is 125 Å². The summed E-state index contributed by atoms with van der Waals surface area (Å²) >= 11 is 0. The first-order valence-electron chi connectivity index (χ1n) is 27.5. The zero-order valence-electron chi connectivity index (χ0n) is 47.5. The normalized spacial score (nSPS) is 13.7. The molecule has 9 N–H and O–H groups in total. The van der Waals surface area contributed by atoms with E-state index in [1.165, 1.54) is 19.1 Å². The number of anilines is 1. The molecule has 27 nitrogen and oxygen atoms in total. The lowest BCUT2D eigenvalue weighted by atomic mass is 10.0. The Morgan fingerprint density at radius 1 is 0.593 bits per heavy atom. The third-order valence-electron chi connectivity index (χ3n) is 11.8. The number of hydrogen-bond donors (Lipinski definition) is 8. The molecule has 0 aromatic heterocycles. The predicted molar refractivity (Wildman–Crippen MR) is 293 cm³/mol. The molecule has 0 spiro atoms. The van der Waals surface area contributed by atoms with E-state index in [1.807, 2.05) is 0 Å². The molecule has 27 heteroatoms. The van der Waals surface area contributed by atoms with E-state index in [0.717, 1.165) is 17.1 Å². The lowest BCUT2D eigenvalue weighted by Crippen LogP contribution is -2.57. The number of phenols is 1. The number of carbonyl (C=O) groups excluding carboxylic acids is 7. The molecule has 81 heavy (non-hydrogen) atoms. The molecule has 1 aliphatic heterocycles. The van der Waals surface area contributed by atoms with E-state index >= 15 is 0 Å². The number of methoxy groups -OCH3 is 1. The Kier molecular flexibility index (Phi) is 39.5. The number of aliphatic carboxylic acids is 1. The van der Waals surface area contributed by atoms with E-state index in [9.17, 15) is 43.5 Å². The molecule has 460 valence electrons. The van der Waals surface area contributed by atoms with Gasteiger partial charge in [-0.1, -0.05) is 19.9 Å². The first-order chi connectivity index (χ1) is 39.0. The Balaban J connectivity index is 1.67. The second-order valence-corrected chi connectivity index (χ2v) is 18.9. The van der Waals surface area contributed by atoms with Crippen LogP contribution in [0.3, 0.4) is 0 Å². The van der Waals surface area contributed by atoms with Crippen LogP contribution in [0.15, 0.2) is 30.4 Å². The molecule has 0 saturated heterocycles. The molecule has 0 fully saturated rings. The first kappa shape index (κ1) is 71.4. The summed E-state index contributed by atoms with van der Waals surface area (Å²) in [4.78, 5) is 102. The van der Waals surface area contributed by atoms with Crippen molar-refractivity contribution in [2.24, 2.45) is 11.7 Å². The van der Waals surface area contributed by atoms with Crippen LogP contribution in [-0.4, -0.2) is 232 Å². The number of phenolic OH excluding ortho intramolecular Hbond substituents is 1. The maximum absolute atomic E-state index is 13.8. The number of nitrogens with one attached hydrogen (secondary N) is 5. The Morgan fingerprint density at radius 3 is 1.59 bits per heavy atom. The average molecular weight is 1160 g/mol. The smallest absolute Gasteiger partial charge is 0.303 e. The molecule has 7 amide bonds. The largest absolute Gasteiger partial charge is 0.506 e. The van der Waals surface area contributed by atoms with Crippen molar-refractivity contribution < 1.29 is 95.9 Å². The van der Waals surface area contributed by atoms with Crippen LogP contribution in [0.1, 0.15) is 71.3 Å². The van der Waals surface area contributed by atoms with Crippen molar-refractivity contribution in [3.63, 3.8) is 0 Å². The van der Waals surface area contributed by atoms with Crippen molar-refractivity contribution in [2.45, 2.75) is 96.3 Å². The minimum Gasteiger partial charge on any atom is -0.506 e. The van der Waals surface area contributed by atoms with Gasteiger partial charge in [0.1, 0.15) is 30.5 Å². The molecule has 1 aliphatic rings. The third-order valence-corrected chi connectivity index (χ3v) is 11.8. The average Bonchev–Trinajstić information content (AvgIpc) is 3.75. The van der Waals surface area contributed by atoms with Gasteiger partial charge >= 0.3 is 5.97 Å². The van der Waals surface area contributed by atoms with Crippen molar-refractivity contribution in [1.29, 1.82) is 0 Å². The van der Waals surface area contributed by atoms with Crippen molar-refractivity contribution in [1.82, 2.24) is 26.2 Å². The highest BCUT2D eigenvalue weighted by atomic mass is 16.6. The highest BCUT2D eigenvalue weighted by Gasteiger charge is 2.31. The van der Waals surface area contributed by atoms with E-state index in [4.69, 9.17) is 58.2 Å². The second kappa shape index (κ2) is 44.9. The SMILES string of the molecule is COCCOCCOCCOCCOCCOCCOCCOCCOCCOCC(=O)NCCCC[C@H](NC(=O)CCCN1C(=O)C=CC1=O)C(=O)N[C@H](C(=O)N[C@@H](C)C(=O)Nc1cc(C[C@H](N)CCC(=O)O)ccc1O)C(C)C. The number of imide groups is 1. The van der Waals surface area contributed by atoms with Crippen molar-refractivity contribution in [3.8, 4) is 5.75 Å². The zero-order valence-corrected chi connectivity index (χ0v) is 47.5.